The van der Waals surface area contributed by atoms with Crippen molar-refractivity contribution in [3.8, 4) is 11.4 Å². The standard InChI is InChI=1S/C20H21N7OS/c1-12-7-15(24-27-9-13(2)22-18(12)27)14-8-16(28)26-10-17(29-19(26)23-14)25-6-4-20(11-25)3-5-21-20/h7-10,21H,3-6,11H2,1-2H3. The van der Waals surface area contributed by atoms with E-state index in [1.165, 1.54) is 6.42 Å². The summed E-state index contributed by atoms with van der Waals surface area (Å²) in [6.07, 6.45) is 6.20. The van der Waals surface area contributed by atoms with E-state index in [0.29, 0.717) is 16.3 Å². The molecule has 8 nitrogen and oxygen atoms in total. The zero-order chi connectivity index (χ0) is 19.8. The first-order valence-corrected chi connectivity index (χ1v) is 10.7. The number of hydrogen-bond donors (Lipinski definition) is 1. The maximum atomic E-state index is 12.8. The average Bonchev–Trinajstić information content (AvgIpc) is 3.36. The lowest BCUT2D eigenvalue weighted by molar-refractivity contribution is 0.235. The smallest absolute Gasteiger partial charge is 0.259 e. The number of fused-ring (bicyclic) bond motifs is 2. The minimum atomic E-state index is -0.0791. The molecule has 2 aliphatic rings. The third-order valence-electron chi connectivity index (χ3n) is 6.12. The predicted octanol–water partition coefficient (Wildman–Crippen LogP) is 2.02. The van der Waals surface area contributed by atoms with Gasteiger partial charge in [0.2, 0.25) is 0 Å². The van der Waals surface area contributed by atoms with Crippen molar-refractivity contribution in [3.05, 3.63) is 46.1 Å². The van der Waals surface area contributed by atoms with Gasteiger partial charge in [-0.3, -0.25) is 9.20 Å². The number of aryl methyl sites for hydroxylation is 2. The van der Waals surface area contributed by atoms with Gasteiger partial charge in [-0.05, 0) is 44.9 Å². The SMILES string of the molecule is Cc1cn2nc(-c3cc(=O)n4cc(N5CCC6(CCN6)C5)sc4n3)cc(C)c2n1. The minimum absolute atomic E-state index is 0.0791. The molecular weight excluding hydrogens is 386 g/mol. The van der Waals surface area contributed by atoms with E-state index >= 15 is 0 Å². The van der Waals surface area contributed by atoms with Crippen molar-refractivity contribution in [3.63, 3.8) is 0 Å². The van der Waals surface area contributed by atoms with Gasteiger partial charge in [-0.2, -0.15) is 5.10 Å². The van der Waals surface area contributed by atoms with Gasteiger partial charge >= 0.3 is 0 Å². The summed E-state index contributed by atoms with van der Waals surface area (Å²) in [6.45, 7) is 7.06. The minimum Gasteiger partial charge on any atom is -0.360 e. The van der Waals surface area contributed by atoms with E-state index < -0.39 is 0 Å². The second-order valence-corrected chi connectivity index (χ2v) is 9.18. The molecule has 0 radical (unpaired) electrons. The Morgan fingerprint density at radius 3 is 2.76 bits per heavy atom. The quantitative estimate of drug-likeness (QED) is 0.548. The molecule has 2 saturated heterocycles. The zero-order valence-electron chi connectivity index (χ0n) is 16.3. The van der Waals surface area contributed by atoms with Gasteiger partial charge < -0.3 is 10.2 Å². The first kappa shape index (κ1) is 17.1. The van der Waals surface area contributed by atoms with Crippen LogP contribution in [0.3, 0.4) is 0 Å². The van der Waals surface area contributed by atoms with Crippen molar-refractivity contribution in [2.75, 3.05) is 24.5 Å². The number of nitrogens with one attached hydrogen (secondary N) is 1. The van der Waals surface area contributed by atoms with Gasteiger partial charge in [0, 0.05) is 30.9 Å². The lowest BCUT2D eigenvalue weighted by Crippen LogP contribution is -2.58. The molecule has 0 aliphatic carbocycles. The maximum Gasteiger partial charge on any atom is 0.259 e. The Balaban J connectivity index is 1.42. The highest BCUT2D eigenvalue weighted by Crippen LogP contribution is 2.36. The van der Waals surface area contributed by atoms with Crippen molar-refractivity contribution in [1.29, 1.82) is 0 Å². The molecule has 9 heteroatoms. The molecule has 0 bridgehead atoms. The number of nitrogens with zero attached hydrogens (tertiary/aromatic N) is 6. The molecule has 2 fully saturated rings. The Hall–Kier alpha value is -2.78. The zero-order valence-corrected chi connectivity index (χ0v) is 17.2. The molecular formula is C20H21N7OS. The number of thiazole rings is 1. The molecule has 0 amide bonds. The normalized spacial score (nSPS) is 21.5. The Labute approximate surface area is 170 Å². The molecule has 0 saturated carbocycles. The van der Waals surface area contributed by atoms with Gasteiger partial charge in [0.15, 0.2) is 10.6 Å². The van der Waals surface area contributed by atoms with Crippen LogP contribution in [0.2, 0.25) is 0 Å². The van der Waals surface area contributed by atoms with Crippen LogP contribution in [0.25, 0.3) is 22.0 Å². The molecule has 1 spiro atoms. The number of rotatable bonds is 2. The van der Waals surface area contributed by atoms with E-state index in [0.717, 1.165) is 48.0 Å². The molecule has 0 aromatic carbocycles. The van der Waals surface area contributed by atoms with Crippen molar-refractivity contribution >= 4 is 26.9 Å². The van der Waals surface area contributed by atoms with Gasteiger partial charge in [-0.25, -0.2) is 14.5 Å². The van der Waals surface area contributed by atoms with E-state index in [2.05, 4.69) is 20.3 Å². The molecule has 4 aromatic rings. The molecule has 1 N–H and O–H groups in total. The van der Waals surface area contributed by atoms with Crippen LogP contribution in [-0.4, -0.2) is 49.2 Å². The Bertz CT molecular complexity index is 1330. The summed E-state index contributed by atoms with van der Waals surface area (Å²) in [5.41, 5.74) is 4.22. The second kappa shape index (κ2) is 5.87. The van der Waals surface area contributed by atoms with E-state index in [1.54, 1.807) is 26.3 Å². The molecule has 29 heavy (non-hydrogen) atoms. The lowest BCUT2D eigenvalue weighted by atomic mass is 9.87. The van der Waals surface area contributed by atoms with Gasteiger partial charge in [0.1, 0.15) is 10.7 Å². The van der Waals surface area contributed by atoms with Crippen LogP contribution in [0.1, 0.15) is 24.1 Å². The highest BCUT2D eigenvalue weighted by molar-refractivity contribution is 7.20. The highest BCUT2D eigenvalue weighted by Gasteiger charge is 2.43. The Morgan fingerprint density at radius 1 is 1.14 bits per heavy atom. The Morgan fingerprint density at radius 2 is 2.00 bits per heavy atom. The number of hydrogen-bond acceptors (Lipinski definition) is 7. The summed E-state index contributed by atoms with van der Waals surface area (Å²) in [6, 6.07) is 3.51. The molecule has 6 rings (SSSR count). The van der Waals surface area contributed by atoms with Gasteiger partial charge in [0.05, 0.1) is 17.6 Å². The topological polar surface area (TPSA) is 79.8 Å². The summed E-state index contributed by atoms with van der Waals surface area (Å²) >= 11 is 1.57. The Kier molecular flexibility index (Phi) is 3.46. The lowest BCUT2D eigenvalue weighted by Gasteiger charge is -2.39. The summed E-state index contributed by atoms with van der Waals surface area (Å²) in [5, 5.41) is 9.31. The predicted molar refractivity (Wildman–Crippen MR) is 113 cm³/mol. The number of imidazole rings is 1. The fraction of sp³-hybridized carbons (Fsp3) is 0.400. The van der Waals surface area contributed by atoms with E-state index in [4.69, 9.17) is 4.98 Å². The van der Waals surface area contributed by atoms with Gasteiger partial charge in [0.25, 0.3) is 5.56 Å². The summed E-state index contributed by atoms with van der Waals surface area (Å²) < 4.78 is 3.41. The van der Waals surface area contributed by atoms with E-state index in [9.17, 15) is 4.79 Å². The summed E-state index contributed by atoms with van der Waals surface area (Å²) in [4.78, 5) is 25.1. The van der Waals surface area contributed by atoms with Crippen molar-refractivity contribution in [1.82, 2.24) is 29.3 Å². The maximum absolute atomic E-state index is 12.8. The monoisotopic (exact) mass is 407 g/mol. The third-order valence-corrected chi connectivity index (χ3v) is 7.16. The van der Waals surface area contributed by atoms with E-state index in [1.807, 2.05) is 32.3 Å². The van der Waals surface area contributed by atoms with Gasteiger partial charge in [-0.1, -0.05) is 11.3 Å². The largest absolute Gasteiger partial charge is 0.360 e. The van der Waals surface area contributed by atoms with Crippen LogP contribution in [0, 0.1) is 13.8 Å². The first-order chi connectivity index (χ1) is 14.0. The van der Waals surface area contributed by atoms with Crippen molar-refractivity contribution < 1.29 is 0 Å². The summed E-state index contributed by atoms with van der Waals surface area (Å²) in [5.74, 6) is 0. The fourth-order valence-electron chi connectivity index (χ4n) is 4.43. The number of aromatic nitrogens is 5. The average molecular weight is 408 g/mol. The molecule has 148 valence electrons. The van der Waals surface area contributed by atoms with Crippen LogP contribution >= 0.6 is 11.3 Å². The first-order valence-electron chi connectivity index (χ1n) is 9.87. The fourth-order valence-corrected chi connectivity index (χ4v) is 5.44. The van der Waals surface area contributed by atoms with Crippen molar-refractivity contribution in [2.24, 2.45) is 0 Å². The van der Waals surface area contributed by atoms with Crippen LogP contribution in [-0.2, 0) is 0 Å². The number of anilines is 1. The summed E-state index contributed by atoms with van der Waals surface area (Å²) in [7, 11) is 0. The molecule has 2 aliphatic heterocycles. The second-order valence-electron chi connectivity index (χ2n) is 8.19. The highest BCUT2D eigenvalue weighted by atomic mass is 32.1. The molecule has 4 aromatic heterocycles. The molecule has 1 atom stereocenters. The van der Waals surface area contributed by atoms with Crippen LogP contribution < -0.4 is 15.8 Å². The van der Waals surface area contributed by atoms with Crippen LogP contribution in [0.15, 0.2) is 29.3 Å². The van der Waals surface area contributed by atoms with E-state index in [-0.39, 0.29) is 11.1 Å². The molecule has 1 unspecified atom stereocenters. The van der Waals surface area contributed by atoms with Gasteiger partial charge in [-0.15, -0.1) is 0 Å². The van der Waals surface area contributed by atoms with Crippen LogP contribution in [0.4, 0.5) is 5.00 Å². The third kappa shape index (κ3) is 2.61. The molecule has 6 heterocycles. The van der Waals surface area contributed by atoms with Crippen molar-refractivity contribution in [2.45, 2.75) is 32.2 Å². The van der Waals surface area contributed by atoms with Crippen LogP contribution in [0.5, 0.6) is 0 Å².